The summed E-state index contributed by atoms with van der Waals surface area (Å²) in [6, 6.07) is 29.1. The first-order valence-electron chi connectivity index (χ1n) is 16.0. The maximum atomic E-state index is 10.5. The molecular weight excluding hydrogens is 628 g/mol. The lowest BCUT2D eigenvalue weighted by atomic mass is 10.1. The largest absolute Gasteiger partial charge is 0.508 e. The fraction of sp³-hybridized carbons (Fsp3) is 0.150. The fourth-order valence-electron chi connectivity index (χ4n) is 4.27. The number of pyridine rings is 4. The minimum Gasteiger partial charge on any atom is -0.508 e. The fourth-order valence-corrected chi connectivity index (χ4v) is 4.27. The summed E-state index contributed by atoms with van der Waals surface area (Å²) in [5.74, 6) is 0.157. The van der Waals surface area contributed by atoms with Crippen LogP contribution in [0.15, 0.2) is 147 Å². The van der Waals surface area contributed by atoms with E-state index >= 15 is 0 Å². The highest BCUT2D eigenvalue weighted by atomic mass is 16.3. The van der Waals surface area contributed by atoms with Gasteiger partial charge in [-0.1, -0.05) is 0 Å². The number of aryl methyl sites for hydroxylation is 4. The summed E-state index contributed by atoms with van der Waals surface area (Å²) >= 11 is 0. The average molecular weight is 671 g/mol. The van der Waals surface area contributed by atoms with Gasteiger partial charge in [0.1, 0.15) is 11.5 Å². The highest BCUT2D eigenvalue weighted by molar-refractivity contribution is 5.89. The second-order valence-electron chi connectivity index (χ2n) is 10.9. The number of carbonyl (C=O) groups excluding carboxylic acids is 2. The molecule has 6 rings (SSSR count). The van der Waals surface area contributed by atoms with Crippen LogP contribution in [0.3, 0.4) is 0 Å². The predicted molar refractivity (Wildman–Crippen MR) is 197 cm³/mol. The van der Waals surface area contributed by atoms with E-state index in [1.807, 2.05) is 49.6 Å². The Balaban J connectivity index is 0.000000182. The SMILES string of the molecule is CC(=O)Nc1ccc(O)cc1.CC(=O)Nc1ccc(O)cc1.c1cc(CCc2ccncc2)ccn1.c1cc(CCc2ccncc2)ccn1. The van der Waals surface area contributed by atoms with Crippen molar-refractivity contribution in [3.63, 3.8) is 0 Å². The Labute approximate surface area is 293 Å². The van der Waals surface area contributed by atoms with Gasteiger partial charge in [-0.3, -0.25) is 29.5 Å². The molecule has 0 aliphatic heterocycles. The van der Waals surface area contributed by atoms with Crippen LogP contribution in [0.25, 0.3) is 0 Å². The van der Waals surface area contributed by atoms with Crippen molar-refractivity contribution in [2.45, 2.75) is 39.5 Å². The summed E-state index contributed by atoms with van der Waals surface area (Å²) in [6.45, 7) is 2.87. The van der Waals surface area contributed by atoms with Gasteiger partial charge in [0.05, 0.1) is 0 Å². The summed E-state index contributed by atoms with van der Waals surface area (Å²) in [4.78, 5) is 37.0. The third kappa shape index (κ3) is 16.9. The summed E-state index contributed by atoms with van der Waals surface area (Å²) < 4.78 is 0. The van der Waals surface area contributed by atoms with Crippen molar-refractivity contribution < 1.29 is 19.8 Å². The van der Waals surface area contributed by atoms with Gasteiger partial charge in [-0.15, -0.1) is 0 Å². The lowest BCUT2D eigenvalue weighted by Gasteiger charge is -2.00. The Morgan fingerprint density at radius 1 is 0.420 bits per heavy atom. The van der Waals surface area contributed by atoms with Gasteiger partial charge in [0.15, 0.2) is 0 Å². The second-order valence-corrected chi connectivity index (χ2v) is 10.9. The summed E-state index contributed by atoms with van der Waals surface area (Å²) in [7, 11) is 0. The molecule has 10 heteroatoms. The molecule has 0 saturated heterocycles. The number of nitrogens with zero attached hydrogens (tertiary/aromatic N) is 4. The van der Waals surface area contributed by atoms with Crippen LogP contribution in [0.5, 0.6) is 11.5 Å². The number of benzene rings is 2. The minimum atomic E-state index is -0.115. The number of rotatable bonds is 8. The molecule has 4 N–H and O–H groups in total. The van der Waals surface area contributed by atoms with Gasteiger partial charge in [-0.25, -0.2) is 0 Å². The van der Waals surface area contributed by atoms with Gasteiger partial charge in [0, 0.05) is 74.8 Å². The lowest BCUT2D eigenvalue weighted by Crippen LogP contribution is -2.04. The molecule has 2 aromatic carbocycles. The van der Waals surface area contributed by atoms with Gasteiger partial charge in [0.25, 0.3) is 0 Å². The predicted octanol–water partition coefficient (Wildman–Crippen LogP) is 7.22. The van der Waals surface area contributed by atoms with Gasteiger partial charge in [0.2, 0.25) is 11.8 Å². The molecule has 0 unspecified atom stereocenters. The third-order valence-electron chi connectivity index (χ3n) is 6.78. The number of aromatic nitrogens is 4. The molecule has 2 amide bonds. The van der Waals surface area contributed by atoms with Crippen LogP contribution in [-0.4, -0.2) is 42.0 Å². The first kappa shape index (κ1) is 38.0. The summed E-state index contributed by atoms with van der Waals surface area (Å²) in [5, 5.41) is 22.9. The maximum Gasteiger partial charge on any atom is 0.221 e. The molecule has 6 aromatic rings. The van der Waals surface area contributed by atoms with E-state index in [2.05, 4.69) is 79.1 Å². The minimum absolute atomic E-state index is 0.115. The molecule has 0 aliphatic carbocycles. The van der Waals surface area contributed by atoms with Gasteiger partial charge in [-0.05, 0) is 145 Å². The van der Waals surface area contributed by atoms with Gasteiger partial charge >= 0.3 is 0 Å². The van der Waals surface area contributed by atoms with Crippen LogP contribution in [0.4, 0.5) is 11.4 Å². The van der Waals surface area contributed by atoms with E-state index in [0.717, 1.165) is 25.7 Å². The van der Waals surface area contributed by atoms with E-state index in [1.165, 1.54) is 60.4 Å². The van der Waals surface area contributed by atoms with E-state index in [4.69, 9.17) is 10.2 Å². The van der Waals surface area contributed by atoms with Crippen LogP contribution in [0, 0.1) is 0 Å². The number of amides is 2. The molecule has 50 heavy (non-hydrogen) atoms. The molecule has 0 saturated carbocycles. The van der Waals surface area contributed by atoms with Crippen LogP contribution >= 0.6 is 0 Å². The molecule has 0 bridgehead atoms. The molecule has 0 atom stereocenters. The molecule has 0 spiro atoms. The van der Waals surface area contributed by atoms with Crippen molar-refractivity contribution >= 4 is 23.2 Å². The average Bonchev–Trinajstić information content (AvgIpc) is 3.14. The molecule has 4 heterocycles. The Morgan fingerprint density at radius 2 is 0.640 bits per heavy atom. The lowest BCUT2D eigenvalue weighted by molar-refractivity contribution is -0.115. The molecule has 0 fully saturated rings. The van der Waals surface area contributed by atoms with Gasteiger partial charge in [-0.2, -0.15) is 0 Å². The molecule has 0 radical (unpaired) electrons. The van der Waals surface area contributed by atoms with E-state index in [0.29, 0.717) is 11.4 Å². The molecular formula is C40H42N6O4. The highest BCUT2D eigenvalue weighted by Gasteiger charge is 1.96. The number of phenolic OH excluding ortho intramolecular Hbond substituents is 2. The smallest absolute Gasteiger partial charge is 0.221 e. The summed E-state index contributed by atoms with van der Waals surface area (Å²) in [6.07, 6.45) is 18.9. The zero-order valence-electron chi connectivity index (χ0n) is 28.2. The number of hydrogen-bond acceptors (Lipinski definition) is 8. The van der Waals surface area contributed by atoms with Crippen LogP contribution in [-0.2, 0) is 35.3 Å². The molecule has 0 aliphatic rings. The van der Waals surface area contributed by atoms with Crippen molar-refractivity contribution in [3.05, 3.63) is 169 Å². The van der Waals surface area contributed by atoms with Crippen molar-refractivity contribution in [1.29, 1.82) is 0 Å². The normalized spacial score (nSPS) is 9.64. The zero-order chi connectivity index (χ0) is 35.8. The summed E-state index contributed by atoms with van der Waals surface area (Å²) in [5.41, 5.74) is 6.70. The standard InChI is InChI=1S/2C12H12N2.2C8H9NO2/c2*1(11-3-7-13-8-4-11)2-12-5-9-14-10-6-12;2*1-6(10)9-7-2-4-8(11)5-3-7/h2*3-10H,1-2H2;2*2-5,11H,1H3,(H,9,10). The Morgan fingerprint density at radius 3 is 0.840 bits per heavy atom. The Kier molecular flexibility index (Phi) is 16.9. The van der Waals surface area contributed by atoms with Crippen LogP contribution < -0.4 is 10.6 Å². The second kappa shape index (κ2) is 22.2. The highest BCUT2D eigenvalue weighted by Crippen LogP contribution is 2.14. The number of aromatic hydroxyl groups is 2. The van der Waals surface area contributed by atoms with Crippen molar-refractivity contribution in [2.24, 2.45) is 0 Å². The van der Waals surface area contributed by atoms with E-state index in [9.17, 15) is 9.59 Å². The quantitative estimate of drug-likeness (QED) is 0.124. The first-order valence-corrected chi connectivity index (χ1v) is 16.0. The van der Waals surface area contributed by atoms with Gasteiger partial charge < -0.3 is 20.8 Å². The topological polar surface area (TPSA) is 150 Å². The number of phenols is 2. The number of nitrogens with one attached hydrogen (secondary N) is 2. The number of carbonyl (C=O) groups is 2. The molecule has 256 valence electrons. The molecule has 4 aromatic heterocycles. The zero-order valence-corrected chi connectivity index (χ0v) is 28.2. The number of anilines is 2. The monoisotopic (exact) mass is 670 g/mol. The van der Waals surface area contributed by atoms with Crippen molar-refractivity contribution in [2.75, 3.05) is 10.6 Å². The Bertz CT molecular complexity index is 1580. The van der Waals surface area contributed by atoms with E-state index in [1.54, 1.807) is 24.3 Å². The van der Waals surface area contributed by atoms with Crippen LogP contribution in [0.2, 0.25) is 0 Å². The third-order valence-corrected chi connectivity index (χ3v) is 6.78. The van der Waals surface area contributed by atoms with Crippen LogP contribution in [0.1, 0.15) is 36.1 Å². The maximum absolute atomic E-state index is 10.5. The van der Waals surface area contributed by atoms with E-state index < -0.39 is 0 Å². The van der Waals surface area contributed by atoms with E-state index in [-0.39, 0.29) is 23.3 Å². The Hall–Kier alpha value is -6.42. The first-order chi connectivity index (χ1) is 24.3. The molecule has 10 nitrogen and oxygen atoms in total. The van der Waals surface area contributed by atoms with Crippen molar-refractivity contribution in [3.8, 4) is 11.5 Å². The number of hydrogen-bond donors (Lipinski definition) is 4. The van der Waals surface area contributed by atoms with Crippen molar-refractivity contribution in [1.82, 2.24) is 19.9 Å².